The van der Waals surface area contributed by atoms with E-state index in [9.17, 15) is 0 Å². The Morgan fingerprint density at radius 1 is 1.22 bits per heavy atom. The van der Waals surface area contributed by atoms with E-state index in [0.717, 1.165) is 10.8 Å². The molecule has 0 spiro atoms. The monoisotopic (exact) mass is 258 g/mol. The number of nitrogens with zero attached hydrogens (tertiary/aromatic N) is 2. The van der Waals surface area contributed by atoms with E-state index < -0.39 is 0 Å². The molecule has 0 bridgehead atoms. The molecule has 0 saturated heterocycles. The van der Waals surface area contributed by atoms with Gasteiger partial charge >= 0.3 is 0 Å². The van der Waals surface area contributed by atoms with E-state index in [-0.39, 0.29) is 0 Å². The van der Waals surface area contributed by atoms with Gasteiger partial charge in [0, 0.05) is 12.7 Å². The molecule has 0 aliphatic rings. The first kappa shape index (κ1) is 12.4. The average molecular weight is 258 g/mol. The second-order valence-corrected chi connectivity index (χ2v) is 5.06. The molecule has 0 aliphatic carbocycles. The van der Waals surface area contributed by atoms with Gasteiger partial charge in [0.15, 0.2) is 15.8 Å². The third-order valence-corrected chi connectivity index (χ3v) is 3.40. The van der Waals surface area contributed by atoms with Crippen molar-refractivity contribution in [3.63, 3.8) is 0 Å². The highest BCUT2D eigenvalue weighted by Crippen LogP contribution is 2.28. The summed E-state index contributed by atoms with van der Waals surface area (Å²) in [6.07, 6.45) is 0. The van der Waals surface area contributed by atoms with Gasteiger partial charge < -0.3 is 10.6 Å². The van der Waals surface area contributed by atoms with Crippen molar-refractivity contribution >= 4 is 28.0 Å². The summed E-state index contributed by atoms with van der Waals surface area (Å²) in [7, 11) is 1.79. The first-order valence-corrected chi connectivity index (χ1v) is 6.38. The Kier molecular flexibility index (Phi) is 3.49. The van der Waals surface area contributed by atoms with E-state index in [4.69, 9.17) is 5.26 Å². The van der Waals surface area contributed by atoms with Crippen LogP contribution >= 0.6 is 11.3 Å². The van der Waals surface area contributed by atoms with Crippen LogP contribution < -0.4 is 10.6 Å². The number of benzene rings is 1. The molecule has 18 heavy (non-hydrogen) atoms. The summed E-state index contributed by atoms with van der Waals surface area (Å²) < 4.78 is 0. The van der Waals surface area contributed by atoms with E-state index in [1.54, 1.807) is 7.05 Å². The van der Waals surface area contributed by atoms with E-state index in [1.807, 2.05) is 26.0 Å². The lowest BCUT2D eigenvalue weighted by atomic mass is 10.1. The summed E-state index contributed by atoms with van der Waals surface area (Å²) in [5.74, 6) is 0.608. The highest BCUT2D eigenvalue weighted by atomic mass is 32.1. The molecule has 0 amide bonds. The lowest BCUT2D eigenvalue weighted by molar-refractivity contribution is 1.32. The number of nitriles is 1. The molecule has 1 aromatic heterocycles. The van der Waals surface area contributed by atoms with Gasteiger partial charge in [0.25, 0.3) is 0 Å². The number of rotatable bonds is 3. The van der Waals surface area contributed by atoms with Crippen molar-refractivity contribution in [3.05, 3.63) is 34.2 Å². The van der Waals surface area contributed by atoms with Crippen molar-refractivity contribution in [2.75, 3.05) is 17.7 Å². The zero-order chi connectivity index (χ0) is 13.1. The van der Waals surface area contributed by atoms with Gasteiger partial charge in [-0.05, 0) is 37.1 Å². The van der Waals surface area contributed by atoms with Gasteiger partial charge in [0.05, 0.1) is 0 Å². The molecule has 92 valence electrons. The van der Waals surface area contributed by atoms with Crippen LogP contribution in [0, 0.1) is 25.2 Å². The van der Waals surface area contributed by atoms with Crippen LogP contribution in [0.15, 0.2) is 18.2 Å². The zero-order valence-electron chi connectivity index (χ0n) is 10.5. The summed E-state index contributed by atoms with van der Waals surface area (Å²) >= 11 is 1.34. The Morgan fingerprint density at radius 3 is 2.44 bits per heavy atom. The predicted octanol–water partition coefficient (Wildman–Crippen LogP) is 3.42. The van der Waals surface area contributed by atoms with Crippen LogP contribution in [0.2, 0.25) is 0 Å². The maximum absolute atomic E-state index is 9.07. The molecular formula is C13H14N4S. The molecule has 2 N–H and O–H groups in total. The Morgan fingerprint density at radius 2 is 1.89 bits per heavy atom. The smallest absolute Gasteiger partial charge is 0.185 e. The zero-order valence-corrected chi connectivity index (χ0v) is 11.4. The first-order chi connectivity index (χ1) is 8.62. The Hall–Kier alpha value is -2.06. The number of aromatic nitrogens is 1. The SMILES string of the molecule is CNc1nc(Nc2cc(C)cc(C)c2)c(C#N)s1. The fraction of sp³-hybridized carbons (Fsp3) is 0.231. The molecular weight excluding hydrogens is 244 g/mol. The third-order valence-electron chi connectivity index (χ3n) is 2.43. The molecule has 0 fully saturated rings. The van der Waals surface area contributed by atoms with Gasteiger partial charge in [-0.3, -0.25) is 0 Å². The molecule has 0 atom stereocenters. The van der Waals surface area contributed by atoms with E-state index in [0.29, 0.717) is 10.7 Å². The first-order valence-electron chi connectivity index (χ1n) is 5.56. The minimum absolute atomic E-state index is 0.582. The highest BCUT2D eigenvalue weighted by Gasteiger charge is 2.10. The molecule has 1 aromatic carbocycles. The Bertz CT molecular complexity index is 590. The molecule has 2 aromatic rings. The standard InChI is InChI=1S/C13H14N4S/c1-8-4-9(2)6-10(5-8)16-12-11(7-14)18-13(15-3)17-12/h4-6,16H,1-3H3,(H,15,17). The second-order valence-electron chi connectivity index (χ2n) is 4.06. The molecule has 1 heterocycles. The number of thiazole rings is 1. The number of hydrogen-bond donors (Lipinski definition) is 2. The van der Waals surface area contributed by atoms with Crippen LogP contribution in [-0.4, -0.2) is 12.0 Å². The van der Waals surface area contributed by atoms with E-state index >= 15 is 0 Å². The van der Waals surface area contributed by atoms with Gasteiger partial charge in [-0.1, -0.05) is 17.4 Å². The van der Waals surface area contributed by atoms with Crippen LogP contribution in [-0.2, 0) is 0 Å². The average Bonchev–Trinajstić information content (AvgIpc) is 2.70. The molecule has 2 rings (SSSR count). The minimum Gasteiger partial charge on any atom is -0.364 e. The molecule has 0 aliphatic heterocycles. The maximum atomic E-state index is 9.07. The third kappa shape index (κ3) is 2.60. The van der Waals surface area contributed by atoms with Crippen molar-refractivity contribution in [3.8, 4) is 6.07 Å². The lowest BCUT2D eigenvalue weighted by Gasteiger charge is -2.06. The van der Waals surface area contributed by atoms with Gasteiger partial charge in [-0.2, -0.15) is 5.26 Å². The Labute approximate surface area is 110 Å². The number of hydrogen-bond acceptors (Lipinski definition) is 5. The van der Waals surface area contributed by atoms with Crippen LogP contribution in [0.4, 0.5) is 16.6 Å². The number of aryl methyl sites for hydroxylation is 2. The number of nitrogens with one attached hydrogen (secondary N) is 2. The van der Waals surface area contributed by atoms with Crippen LogP contribution in [0.1, 0.15) is 16.0 Å². The fourth-order valence-electron chi connectivity index (χ4n) is 1.77. The predicted molar refractivity (Wildman–Crippen MR) is 75.6 cm³/mol. The molecule has 5 heteroatoms. The lowest BCUT2D eigenvalue weighted by Crippen LogP contribution is -1.94. The van der Waals surface area contributed by atoms with Gasteiger partial charge in [-0.25, -0.2) is 4.98 Å². The minimum atomic E-state index is 0.582. The second kappa shape index (κ2) is 5.07. The van der Waals surface area contributed by atoms with Crippen LogP contribution in [0.3, 0.4) is 0 Å². The molecule has 0 saturated carbocycles. The summed E-state index contributed by atoms with van der Waals surface area (Å²) in [4.78, 5) is 4.91. The van der Waals surface area contributed by atoms with Crippen molar-refractivity contribution in [1.82, 2.24) is 4.98 Å². The van der Waals surface area contributed by atoms with E-state index in [1.165, 1.54) is 22.5 Å². The number of anilines is 3. The van der Waals surface area contributed by atoms with Crippen molar-refractivity contribution in [1.29, 1.82) is 5.26 Å². The summed E-state index contributed by atoms with van der Waals surface area (Å²) in [5, 5.41) is 15.9. The van der Waals surface area contributed by atoms with Crippen molar-refractivity contribution < 1.29 is 0 Å². The normalized spacial score (nSPS) is 9.89. The fourth-order valence-corrected chi connectivity index (χ4v) is 2.44. The van der Waals surface area contributed by atoms with Gasteiger partial charge in [0.1, 0.15) is 6.07 Å². The van der Waals surface area contributed by atoms with Crippen LogP contribution in [0.25, 0.3) is 0 Å². The van der Waals surface area contributed by atoms with Gasteiger partial charge in [0.2, 0.25) is 0 Å². The summed E-state index contributed by atoms with van der Waals surface area (Å²) in [6, 6.07) is 8.33. The van der Waals surface area contributed by atoms with Crippen molar-refractivity contribution in [2.24, 2.45) is 0 Å². The van der Waals surface area contributed by atoms with Crippen LogP contribution in [0.5, 0.6) is 0 Å². The topological polar surface area (TPSA) is 60.7 Å². The molecule has 0 unspecified atom stereocenters. The Balaban J connectivity index is 2.33. The molecule has 0 radical (unpaired) electrons. The molecule has 4 nitrogen and oxygen atoms in total. The highest BCUT2D eigenvalue weighted by molar-refractivity contribution is 7.16. The summed E-state index contributed by atoms with van der Waals surface area (Å²) in [5.41, 5.74) is 3.32. The largest absolute Gasteiger partial charge is 0.364 e. The van der Waals surface area contributed by atoms with Crippen molar-refractivity contribution in [2.45, 2.75) is 13.8 Å². The van der Waals surface area contributed by atoms with Gasteiger partial charge in [-0.15, -0.1) is 0 Å². The van der Waals surface area contributed by atoms with E-state index in [2.05, 4.69) is 27.8 Å². The quantitative estimate of drug-likeness (QED) is 0.885. The maximum Gasteiger partial charge on any atom is 0.185 e. The summed E-state index contributed by atoms with van der Waals surface area (Å²) in [6.45, 7) is 4.09.